The molecule has 0 aliphatic rings. The predicted octanol–water partition coefficient (Wildman–Crippen LogP) is 1.91. The lowest BCUT2D eigenvalue weighted by atomic mass is 10.3. The standard InChI is InChI=1S/C12H18N2O2S/c1-4-5-14(6-7-16-3)12(15)11-8-10(13)9(2)17-11/h4,8H,1,5-7,13H2,2-3H3. The molecule has 94 valence electrons. The number of carbonyl (C=O) groups excluding carboxylic acids is 1. The summed E-state index contributed by atoms with van der Waals surface area (Å²) in [5.74, 6) is -0.0215. The largest absolute Gasteiger partial charge is 0.398 e. The highest BCUT2D eigenvalue weighted by Gasteiger charge is 2.17. The molecule has 1 rings (SSSR count). The maximum Gasteiger partial charge on any atom is 0.264 e. The summed E-state index contributed by atoms with van der Waals surface area (Å²) in [5, 5.41) is 0. The molecule has 0 radical (unpaired) electrons. The third kappa shape index (κ3) is 3.57. The van der Waals surface area contributed by atoms with Gasteiger partial charge in [-0.3, -0.25) is 4.79 Å². The molecule has 0 fully saturated rings. The van der Waals surface area contributed by atoms with E-state index in [9.17, 15) is 4.79 Å². The summed E-state index contributed by atoms with van der Waals surface area (Å²) in [6.07, 6.45) is 1.71. The molecule has 0 saturated carbocycles. The van der Waals surface area contributed by atoms with E-state index in [4.69, 9.17) is 10.5 Å². The SMILES string of the molecule is C=CCN(CCOC)C(=O)c1cc(N)c(C)s1. The Morgan fingerprint density at radius 1 is 1.71 bits per heavy atom. The number of carbonyl (C=O) groups is 1. The number of nitrogens with two attached hydrogens (primary N) is 1. The molecular weight excluding hydrogens is 236 g/mol. The fourth-order valence-corrected chi connectivity index (χ4v) is 2.30. The van der Waals surface area contributed by atoms with Crippen molar-refractivity contribution < 1.29 is 9.53 Å². The smallest absolute Gasteiger partial charge is 0.264 e. The van der Waals surface area contributed by atoms with Crippen molar-refractivity contribution >= 4 is 22.9 Å². The molecule has 4 nitrogen and oxygen atoms in total. The van der Waals surface area contributed by atoms with Crippen LogP contribution in [-0.4, -0.2) is 37.6 Å². The Hall–Kier alpha value is -1.33. The summed E-state index contributed by atoms with van der Waals surface area (Å²) in [5.41, 5.74) is 6.42. The average molecular weight is 254 g/mol. The third-order valence-corrected chi connectivity index (χ3v) is 3.42. The van der Waals surface area contributed by atoms with Gasteiger partial charge >= 0.3 is 0 Å². The first-order chi connectivity index (χ1) is 8.10. The summed E-state index contributed by atoms with van der Waals surface area (Å²) in [7, 11) is 1.61. The molecule has 0 bridgehead atoms. The van der Waals surface area contributed by atoms with Gasteiger partial charge in [-0.1, -0.05) is 6.08 Å². The molecule has 0 saturated heterocycles. The van der Waals surface area contributed by atoms with E-state index in [0.29, 0.717) is 30.3 Å². The number of aryl methyl sites for hydroxylation is 1. The number of nitrogen functional groups attached to an aromatic ring is 1. The van der Waals surface area contributed by atoms with Crippen molar-refractivity contribution in [1.29, 1.82) is 0 Å². The second kappa shape index (κ2) is 6.42. The predicted molar refractivity (Wildman–Crippen MR) is 71.4 cm³/mol. The summed E-state index contributed by atoms with van der Waals surface area (Å²) in [6, 6.07) is 1.73. The van der Waals surface area contributed by atoms with Crippen LogP contribution in [0.5, 0.6) is 0 Å². The molecule has 2 N–H and O–H groups in total. The molecule has 5 heteroatoms. The Kier molecular flexibility index (Phi) is 5.18. The Labute approximate surface area is 106 Å². The van der Waals surface area contributed by atoms with Gasteiger partial charge < -0.3 is 15.4 Å². The van der Waals surface area contributed by atoms with Crippen LogP contribution in [0.4, 0.5) is 5.69 Å². The summed E-state index contributed by atoms with van der Waals surface area (Å²) < 4.78 is 4.98. The molecule has 1 aromatic heterocycles. The van der Waals surface area contributed by atoms with Crippen molar-refractivity contribution in [3.05, 3.63) is 28.5 Å². The van der Waals surface area contributed by atoms with Crippen molar-refractivity contribution in [2.45, 2.75) is 6.92 Å². The molecule has 0 aliphatic carbocycles. The van der Waals surface area contributed by atoms with E-state index in [-0.39, 0.29) is 5.91 Å². The van der Waals surface area contributed by atoms with Crippen LogP contribution in [0, 0.1) is 6.92 Å². The quantitative estimate of drug-likeness (QED) is 0.789. The third-order valence-electron chi connectivity index (χ3n) is 2.37. The van der Waals surface area contributed by atoms with Crippen LogP contribution < -0.4 is 5.73 Å². The zero-order chi connectivity index (χ0) is 12.8. The molecule has 1 heterocycles. The number of thiophene rings is 1. The molecule has 0 unspecified atom stereocenters. The summed E-state index contributed by atoms with van der Waals surface area (Å²) >= 11 is 1.42. The minimum Gasteiger partial charge on any atom is -0.398 e. The van der Waals surface area contributed by atoms with Crippen molar-refractivity contribution in [2.24, 2.45) is 0 Å². The van der Waals surface area contributed by atoms with Crippen LogP contribution in [-0.2, 0) is 4.74 Å². The van der Waals surface area contributed by atoms with Crippen LogP contribution in [0.2, 0.25) is 0 Å². The molecular formula is C12H18N2O2S. The van der Waals surface area contributed by atoms with Crippen LogP contribution in [0.15, 0.2) is 18.7 Å². The number of methoxy groups -OCH3 is 1. The number of amides is 1. The zero-order valence-corrected chi connectivity index (χ0v) is 11.0. The highest BCUT2D eigenvalue weighted by Crippen LogP contribution is 2.24. The molecule has 17 heavy (non-hydrogen) atoms. The number of ether oxygens (including phenoxy) is 1. The topological polar surface area (TPSA) is 55.6 Å². The Morgan fingerprint density at radius 3 is 2.88 bits per heavy atom. The van der Waals surface area contributed by atoms with Gasteiger partial charge in [0, 0.05) is 30.8 Å². The Bertz CT molecular complexity index is 382. The first kappa shape index (κ1) is 13.7. The fraction of sp³-hybridized carbons (Fsp3) is 0.417. The van der Waals surface area contributed by atoms with Gasteiger partial charge in [0.2, 0.25) is 0 Å². The lowest BCUT2D eigenvalue weighted by Crippen LogP contribution is -2.33. The molecule has 0 aromatic carbocycles. The van der Waals surface area contributed by atoms with E-state index in [1.165, 1.54) is 11.3 Å². The zero-order valence-electron chi connectivity index (χ0n) is 10.2. The Morgan fingerprint density at radius 2 is 2.41 bits per heavy atom. The van der Waals surface area contributed by atoms with Gasteiger partial charge in [-0.15, -0.1) is 17.9 Å². The van der Waals surface area contributed by atoms with E-state index >= 15 is 0 Å². The summed E-state index contributed by atoms with van der Waals surface area (Å²) in [6.45, 7) is 7.14. The molecule has 0 atom stereocenters. The fourth-order valence-electron chi connectivity index (χ4n) is 1.39. The van der Waals surface area contributed by atoms with Crippen LogP contribution >= 0.6 is 11.3 Å². The maximum absolute atomic E-state index is 12.2. The summed E-state index contributed by atoms with van der Waals surface area (Å²) in [4.78, 5) is 15.5. The highest BCUT2D eigenvalue weighted by molar-refractivity contribution is 7.14. The van der Waals surface area contributed by atoms with E-state index in [0.717, 1.165) is 4.88 Å². The second-order valence-corrected chi connectivity index (χ2v) is 4.91. The lowest BCUT2D eigenvalue weighted by Gasteiger charge is -2.19. The van der Waals surface area contributed by atoms with Gasteiger partial charge in [0.15, 0.2) is 0 Å². The van der Waals surface area contributed by atoms with Gasteiger partial charge in [-0.25, -0.2) is 0 Å². The number of hydrogen-bond acceptors (Lipinski definition) is 4. The van der Waals surface area contributed by atoms with E-state index in [1.807, 2.05) is 6.92 Å². The number of anilines is 1. The normalized spacial score (nSPS) is 10.2. The minimum atomic E-state index is -0.0215. The van der Waals surface area contributed by atoms with Gasteiger partial charge in [-0.2, -0.15) is 0 Å². The molecule has 0 aliphatic heterocycles. The first-order valence-corrected chi connectivity index (χ1v) is 6.16. The van der Waals surface area contributed by atoms with E-state index in [2.05, 4.69) is 6.58 Å². The van der Waals surface area contributed by atoms with Crippen LogP contribution in [0.25, 0.3) is 0 Å². The van der Waals surface area contributed by atoms with Gasteiger partial charge in [0.1, 0.15) is 0 Å². The number of hydrogen-bond donors (Lipinski definition) is 1. The lowest BCUT2D eigenvalue weighted by molar-refractivity contribution is 0.0723. The van der Waals surface area contributed by atoms with Crippen LogP contribution in [0.3, 0.4) is 0 Å². The second-order valence-electron chi connectivity index (χ2n) is 3.65. The van der Waals surface area contributed by atoms with Crippen molar-refractivity contribution in [3.63, 3.8) is 0 Å². The van der Waals surface area contributed by atoms with Gasteiger partial charge in [0.25, 0.3) is 5.91 Å². The van der Waals surface area contributed by atoms with Crippen molar-refractivity contribution in [1.82, 2.24) is 4.90 Å². The van der Waals surface area contributed by atoms with Gasteiger partial charge in [-0.05, 0) is 13.0 Å². The molecule has 0 spiro atoms. The molecule has 1 aromatic rings. The minimum absolute atomic E-state index is 0.0215. The van der Waals surface area contributed by atoms with Crippen molar-refractivity contribution in [3.8, 4) is 0 Å². The maximum atomic E-state index is 12.2. The molecule has 1 amide bonds. The van der Waals surface area contributed by atoms with E-state index in [1.54, 1.807) is 24.2 Å². The highest BCUT2D eigenvalue weighted by atomic mass is 32.1. The monoisotopic (exact) mass is 254 g/mol. The van der Waals surface area contributed by atoms with E-state index < -0.39 is 0 Å². The first-order valence-electron chi connectivity index (χ1n) is 5.35. The van der Waals surface area contributed by atoms with Gasteiger partial charge in [0.05, 0.1) is 11.5 Å². The number of nitrogens with zero attached hydrogens (tertiary/aromatic N) is 1. The Balaban J connectivity index is 2.79. The van der Waals surface area contributed by atoms with Crippen LogP contribution in [0.1, 0.15) is 14.5 Å². The number of rotatable bonds is 6. The average Bonchev–Trinajstić information content (AvgIpc) is 2.64. The van der Waals surface area contributed by atoms with Crippen molar-refractivity contribution in [2.75, 3.05) is 32.5 Å².